The van der Waals surface area contributed by atoms with Crippen LogP contribution in [-0.2, 0) is 4.74 Å². The first-order valence-electron chi connectivity index (χ1n) is 7.30. The van der Waals surface area contributed by atoms with Gasteiger partial charge in [0, 0.05) is 26.2 Å². The van der Waals surface area contributed by atoms with Gasteiger partial charge in [-0.1, -0.05) is 27.2 Å². The maximum absolute atomic E-state index is 5.50. The van der Waals surface area contributed by atoms with Crippen molar-refractivity contribution in [2.24, 2.45) is 10.9 Å². The number of hydrogen-bond donors (Lipinski definition) is 2. The predicted molar refractivity (Wildman–Crippen MR) is 79.2 cm³/mol. The van der Waals surface area contributed by atoms with Crippen LogP contribution in [0, 0.1) is 5.92 Å². The fraction of sp³-hybridized carbons (Fsp3) is 0.929. The third-order valence-electron chi connectivity index (χ3n) is 2.50. The molecule has 0 rings (SSSR count). The summed E-state index contributed by atoms with van der Waals surface area (Å²) in [6, 6.07) is 0. The number of guanidine groups is 1. The van der Waals surface area contributed by atoms with Crippen LogP contribution in [0.2, 0.25) is 0 Å². The van der Waals surface area contributed by atoms with Gasteiger partial charge in [0.1, 0.15) is 0 Å². The summed E-state index contributed by atoms with van der Waals surface area (Å²) in [5, 5.41) is 6.53. The molecule has 0 aromatic rings. The smallest absolute Gasteiger partial charge is 0.191 e. The van der Waals surface area contributed by atoms with Gasteiger partial charge < -0.3 is 15.4 Å². The summed E-state index contributed by atoms with van der Waals surface area (Å²) in [5.41, 5.74) is 0. The number of nitrogens with zero attached hydrogens (tertiary/aromatic N) is 1. The monoisotopic (exact) mass is 257 g/mol. The minimum absolute atomic E-state index is 0.703. The molecule has 108 valence electrons. The Balaban J connectivity index is 3.68. The van der Waals surface area contributed by atoms with Crippen molar-refractivity contribution in [3.8, 4) is 0 Å². The van der Waals surface area contributed by atoms with Crippen molar-refractivity contribution < 1.29 is 4.74 Å². The molecular formula is C14H31N3O. The standard InChI is InChI=1S/C14H31N3O/c1-5-7-11-18-12-10-17-14(15-6-2)16-9-8-13(3)4/h13H,5-12H2,1-4H3,(H2,15,16,17). The first kappa shape index (κ1) is 17.2. The van der Waals surface area contributed by atoms with Crippen molar-refractivity contribution in [1.29, 1.82) is 0 Å². The number of ether oxygens (including phenoxy) is 1. The van der Waals surface area contributed by atoms with E-state index in [4.69, 9.17) is 4.74 Å². The Labute approximate surface area is 113 Å². The lowest BCUT2D eigenvalue weighted by Crippen LogP contribution is -2.39. The second kappa shape index (κ2) is 12.7. The predicted octanol–water partition coefficient (Wildman–Crippen LogP) is 2.40. The van der Waals surface area contributed by atoms with Gasteiger partial charge in [0.2, 0.25) is 0 Å². The third kappa shape index (κ3) is 11.7. The first-order chi connectivity index (χ1) is 8.70. The van der Waals surface area contributed by atoms with Crippen molar-refractivity contribution in [3.05, 3.63) is 0 Å². The molecule has 0 heterocycles. The van der Waals surface area contributed by atoms with Gasteiger partial charge in [-0.3, -0.25) is 4.99 Å². The van der Waals surface area contributed by atoms with Crippen LogP contribution in [0.3, 0.4) is 0 Å². The number of hydrogen-bond acceptors (Lipinski definition) is 2. The summed E-state index contributed by atoms with van der Waals surface area (Å²) < 4.78 is 5.50. The number of aliphatic imine (C=N–C) groups is 1. The Morgan fingerprint density at radius 3 is 2.56 bits per heavy atom. The molecule has 0 radical (unpaired) electrons. The van der Waals surface area contributed by atoms with Crippen LogP contribution in [0.1, 0.15) is 47.0 Å². The van der Waals surface area contributed by atoms with E-state index in [0.717, 1.165) is 51.6 Å². The lowest BCUT2D eigenvalue weighted by molar-refractivity contribution is 0.136. The molecule has 0 atom stereocenters. The summed E-state index contributed by atoms with van der Waals surface area (Å²) in [4.78, 5) is 4.53. The van der Waals surface area contributed by atoms with Gasteiger partial charge in [-0.15, -0.1) is 0 Å². The lowest BCUT2D eigenvalue weighted by atomic mass is 10.1. The van der Waals surface area contributed by atoms with Crippen molar-refractivity contribution in [2.75, 3.05) is 32.8 Å². The minimum Gasteiger partial charge on any atom is -0.380 e. The Hall–Kier alpha value is -0.770. The number of unbranched alkanes of at least 4 members (excludes halogenated alkanes) is 1. The van der Waals surface area contributed by atoms with Crippen molar-refractivity contribution in [3.63, 3.8) is 0 Å². The first-order valence-corrected chi connectivity index (χ1v) is 7.30. The van der Waals surface area contributed by atoms with Crippen LogP contribution >= 0.6 is 0 Å². The van der Waals surface area contributed by atoms with Gasteiger partial charge in [-0.2, -0.15) is 0 Å². The van der Waals surface area contributed by atoms with Crippen molar-refractivity contribution in [2.45, 2.75) is 47.0 Å². The molecule has 4 nitrogen and oxygen atoms in total. The van der Waals surface area contributed by atoms with Crippen LogP contribution in [-0.4, -0.2) is 38.8 Å². The number of nitrogens with one attached hydrogen (secondary N) is 2. The SMILES string of the molecule is CCCCOCCNC(=NCCC(C)C)NCC. The molecular weight excluding hydrogens is 226 g/mol. The second-order valence-corrected chi connectivity index (χ2v) is 4.84. The summed E-state index contributed by atoms with van der Waals surface area (Å²) in [6.07, 6.45) is 3.46. The maximum atomic E-state index is 5.50. The summed E-state index contributed by atoms with van der Waals surface area (Å²) in [5.74, 6) is 1.60. The molecule has 18 heavy (non-hydrogen) atoms. The molecule has 0 aliphatic rings. The summed E-state index contributed by atoms with van der Waals surface area (Å²) in [7, 11) is 0. The van der Waals surface area contributed by atoms with E-state index in [0.29, 0.717) is 5.92 Å². The van der Waals surface area contributed by atoms with E-state index in [1.807, 2.05) is 0 Å². The summed E-state index contributed by atoms with van der Waals surface area (Å²) >= 11 is 0. The molecule has 0 aliphatic carbocycles. The highest BCUT2D eigenvalue weighted by Gasteiger charge is 1.97. The van der Waals surface area contributed by atoms with E-state index in [-0.39, 0.29) is 0 Å². The molecule has 0 aliphatic heterocycles. The molecule has 0 fully saturated rings. The zero-order chi connectivity index (χ0) is 13.6. The van der Waals surface area contributed by atoms with E-state index in [9.17, 15) is 0 Å². The number of rotatable bonds is 10. The Morgan fingerprint density at radius 1 is 1.17 bits per heavy atom. The van der Waals surface area contributed by atoms with E-state index in [2.05, 4.69) is 43.3 Å². The van der Waals surface area contributed by atoms with E-state index in [1.54, 1.807) is 0 Å². The highest BCUT2D eigenvalue weighted by molar-refractivity contribution is 5.79. The molecule has 2 N–H and O–H groups in total. The normalized spacial score (nSPS) is 11.9. The third-order valence-corrected chi connectivity index (χ3v) is 2.50. The average molecular weight is 257 g/mol. The molecule has 0 spiro atoms. The molecule has 0 unspecified atom stereocenters. The largest absolute Gasteiger partial charge is 0.380 e. The molecule has 0 bridgehead atoms. The zero-order valence-electron chi connectivity index (χ0n) is 12.6. The Morgan fingerprint density at radius 2 is 1.94 bits per heavy atom. The van der Waals surface area contributed by atoms with Gasteiger partial charge in [-0.05, 0) is 25.7 Å². The Kier molecular flexibility index (Phi) is 12.1. The van der Waals surface area contributed by atoms with Gasteiger partial charge >= 0.3 is 0 Å². The van der Waals surface area contributed by atoms with Crippen LogP contribution in [0.4, 0.5) is 0 Å². The fourth-order valence-corrected chi connectivity index (χ4v) is 1.37. The molecule has 0 saturated heterocycles. The van der Waals surface area contributed by atoms with Gasteiger partial charge in [0.05, 0.1) is 6.61 Å². The molecule has 4 heteroatoms. The lowest BCUT2D eigenvalue weighted by Gasteiger charge is -2.11. The van der Waals surface area contributed by atoms with Gasteiger partial charge in [-0.25, -0.2) is 0 Å². The molecule has 0 aromatic carbocycles. The maximum Gasteiger partial charge on any atom is 0.191 e. The van der Waals surface area contributed by atoms with Crippen LogP contribution in [0.25, 0.3) is 0 Å². The van der Waals surface area contributed by atoms with E-state index in [1.165, 1.54) is 6.42 Å². The van der Waals surface area contributed by atoms with Crippen LogP contribution in [0.15, 0.2) is 4.99 Å². The van der Waals surface area contributed by atoms with Crippen LogP contribution < -0.4 is 10.6 Å². The van der Waals surface area contributed by atoms with E-state index >= 15 is 0 Å². The molecule has 0 amide bonds. The zero-order valence-corrected chi connectivity index (χ0v) is 12.6. The van der Waals surface area contributed by atoms with Gasteiger partial charge in [0.25, 0.3) is 0 Å². The summed E-state index contributed by atoms with van der Waals surface area (Å²) in [6.45, 7) is 12.9. The van der Waals surface area contributed by atoms with Crippen molar-refractivity contribution >= 4 is 5.96 Å². The Bertz CT molecular complexity index is 205. The quantitative estimate of drug-likeness (QED) is 0.359. The average Bonchev–Trinajstić information content (AvgIpc) is 2.33. The van der Waals surface area contributed by atoms with Crippen molar-refractivity contribution in [1.82, 2.24) is 10.6 Å². The van der Waals surface area contributed by atoms with Crippen LogP contribution in [0.5, 0.6) is 0 Å². The molecule has 0 saturated carbocycles. The second-order valence-electron chi connectivity index (χ2n) is 4.84. The molecule has 0 aromatic heterocycles. The topological polar surface area (TPSA) is 45.6 Å². The minimum atomic E-state index is 0.703. The fourth-order valence-electron chi connectivity index (χ4n) is 1.37. The van der Waals surface area contributed by atoms with Gasteiger partial charge in [0.15, 0.2) is 5.96 Å². The highest BCUT2D eigenvalue weighted by atomic mass is 16.5. The van der Waals surface area contributed by atoms with E-state index < -0.39 is 0 Å². The highest BCUT2D eigenvalue weighted by Crippen LogP contribution is 1.98.